The molecule has 3 N–H and O–H groups in total. The molecule has 1 aliphatic heterocycles. The molecular weight excluding hydrogens is 324 g/mol. The highest BCUT2D eigenvalue weighted by Gasteiger charge is 2.31. The van der Waals surface area contributed by atoms with E-state index in [-0.39, 0.29) is 22.4 Å². The number of nitrogens with zero attached hydrogens (tertiary/aromatic N) is 1. The van der Waals surface area contributed by atoms with Gasteiger partial charge in [-0.3, -0.25) is 14.9 Å². The molecule has 1 aromatic carbocycles. The van der Waals surface area contributed by atoms with Crippen molar-refractivity contribution in [2.75, 3.05) is 18.9 Å². The van der Waals surface area contributed by atoms with Crippen LogP contribution in [0.15, 0.2) is 23.1 Å². The number of benzene rings is 1. The van der Waals surface area contributed by atoms with Crippen molar-refractivity contribution in [3.05, 3.63) is 28.3 Å². The highest BCUT2D eigenvalue weighted by atomic mass is 32.2. The van der Waals surface area contributed by atoms with Crippen LogP contribution in [0.25, 0.3) is 0 Å². The van der Waals surface area contributed by atoms with Gasteiger partial charge in [-0.1, -0.05) is 6.92 Å². The summed E-state index contributed by atoms with van der Waals surface area (Å²) in [5.41, 5.74) is -0.286. The molecule has 0 unspecified atom stereocenters. The third kappa shape index (κ3) is 3.59. The van der Waals surface area contributed by atoms with Gasteiger partial charge in [-0.15, -0.1) is 0 Å². The third-order valence-electron chi connectivity index (χ3n) is 3.81. The van der Waals surface area contributed by atoms with Crippen molar-refractivity contribution in [2.24, 2.45) is 5.92 Å². The second-order valence-electron chi connectivity index (χ2n) is 5.32. The molecule has 9 nitrogen and oxygen atoms in total. The summed E-state index contributed by atoms with van der Waals surface area (Å²) in [7, 11) is -2.56. The summed E-state index contributed by atoms with van der Waals surface area (Å²) in [6.07, 6.45) is 0.753. The molecule has 1 saturated heterocycles. The van der Waals surface area contributed by atoms with Crippen molar-refractivity contribution < 1.29 is 18.1 Å². The van der Waals surface area contributed by atoms with Crippen LogP contribution < -0.4 is 15.4 Å². The molecule has 0 spiro atoms. The van der Waals surface area contributed by atoms with Crippen LogP contribution in [0.3, 0.4) is 0 Å². The van der Waals surface area contributed by atoms with E-state index in [1.165, 1.54) is 19.2 Å². The maximum atomic E-state index is 11.9. The molecule has 0 bridgehead atoms. The first kappa shape index (κ1) is 17.2. The first-order valence-electron chi connectivity index (χ1n) is 7.02. The molecule has 0 aromatic heterocycles. The molecule has 10 heteroatoms. The number of nitro benzene ring substituents is 1. The van der Waals surface area contributed by atoms with Crippen LogP contribution in [0, 0.1) is 16.0 Å². The number of nitro groups is 1. The van der Waals surface area contributed by atoms with E-state index in [2.05, 4.69) is 15.4 Å². The number of carbonyl (C=O) groups excluding carboxylic acids is 1. The largest absolute Gasteiger partial charge is 0.368 e. The van der Waals surface area contributed by atoms with Crippen molar-refractivity contribution >= 4 is 27.3 Å². The lowest BCUT2D eigenvalue weighted by molar-refractivity contribution is -0.384. The van der Waals surface area contributed by atoms with Crippen LogP contribution in [0.4, 0.5) is 11.4 Å². The highest BCUT2D eigenvalue weighted by Crippen LogP contribution is 2.29. The molecule has 1 fully saturated rings. The standard InChI is InChI=1S/C13H18N4O5S/c1-8-5-6-15-13(18)12(8)16-10-4-3-9(23(21,22)14-2)7-11(10)17(19)20/h3-4,7-8,12,14,16H,5-6H2,1-2H3,(H,15,18)/t8-,12-/m1/s1. The summed E-state index contributed by atoms with van der Waals surface area (Å²) in [5, 5.41) is 16.8. The van der Waals surface area contributed by atoms with Crippen LogP contribution in [0.2, 0.25) is 0 Å². The molecule has 0 saturated carbocycles. The minimum absolute atomic E-state index is 0.00377. The zero-order chi connectivity index (χ0) is 17.2. The normalized spacial score (nSPS) is 21.6. The van der Waals surface area contributed by atoms with Gasteiger partial charge >= 0.3 is 0 Å². The Morgan fingerprint density at radius 3 is 2.65 bits per heavy atom. The zero-order valence-corrected chi connectivity index (χ0v) is 13.5. The number of sulfonamides is 1. The molecule has 1 aromatic rings. The minimum Gasteiger partial charge on any atom is -0.368 e. The minimum atomic E-state index is -3.79. The lowest BCUT2D eigenvalue weighted by Crippen LogP contribution is -2.49. The van der Waals surface area contributed by atoms with Crippen LogP contribution in [-0.2, 0) is 14.8 Å². The van der Waals surface area contributed by atoms with Gasteiger partial charge in [-0.25, -0.2) is 13.1 Å². The predicted octanol–water partition coefficient (Wildman–Crippen LogP) is 0.439. The Bertz CT molecular complexity index is 734. The Hall–Kier alpha value is -2.20. The fourth-order valence-corrected chi connectivity index (χ4v) is 3.15. The third-order valence-corrected chi connectivity index (χ3v) is 5.22. The van der Waals surface area contributed by atoms with Crippen LogP contribution >= 0.6 is 0 Å². The summed E-state index contributed by atoms with van der Waals surface area (Å²) < 4.78 is 25.6. The maximum Gasteiger partial charge on any atom is 0.293 e. The Morgan fingerprint density at radius 2 is 2.09 bits per heavy atom. The van der Waals surface area contributed by atoms with Gasteiger partial charge in [-0.2, -0.15) is 0 Å². The first-order valence-corrected chi connectivity index (χ1v) is 8.51. The van der Waals surface area contributed by atoms with Gasteiger partial charge in [0.1, 0.15) is 11.7 Å². The molecule has 0 aliphatic carbocycles. The van der Waals surface area contributed by atoms with Crippen LogP contribution in [-0.4, -0.2) is 38.9 Å². The van der Waals surface area contributed by atoms with E-state index < -0.39 is 26.7 Å². The second-order valence-corrected chi connectivity index (χ2v) is 7.21. The first-order chi connectivity index (χ1) is 10.8. The van der Waals surface area contributed by atoms with E-state index in [1.807, 2.05) is 6.92 Å². The highest BCUT2D eigenvalue weighted by molar-refractivity contribution is 7.89. The lowest BCUT2D eigenvalue weighted by Gasteiger charge is -2.29. The van der Waals surface area contributed by atoms with Crippen LogP contribution in [0.1, 0.15) is 13.3 Å². The molecule has 23 heavy (non-hydrogen) atoms. The Kier molecular flexibility index (Phi) is 4.85. The van der Waals surface area contributed by atoms with Gasteiger partial charge < -0.3 is 10.6 Å². The smallest absolute Gasteiger partial charge is 0.293 e. The topological polar surface area (TPSA) is 130 Å². The van der Waals surface area contributed by atoms with Gasteiger partial charge in [0.25, 0.3) is 5.69 Å². The number of hydrogen-bond donors (Lipinski definition) is 3. The molecule has 126 valence electrons. The summed E-state index contributed by atoms with van der Waals surface area (Å²) in [5.74, 6) is -0.228. The monoisotopic (exact) mass is 342 g/mol. The predicted molar refractivity (Wildman–Crippen MR) is 83.5 cm³/mol. The number of hydrogen-bond acceptors (Lipinski definition) is 6. The number of carbonyl (C=O) groups is 1. The Labute approximate surface area is 133 Å². The number of rotatable bonds is 5. The van der Waals surface area contributed by atoms with E-state index in [9.17, 15) is 23.3 Å². The summed E-state index contributed by atoms with van der Waals surface area (Å²) >= 11 is 0. The number of nitrogens with one attached hydrogen (secondary N) is 3. The number of amides is 1. The molecular formula is C13H18N4O5S. The SMILES string of the molecule is CNS(=O)(=O)c1ccc(N[C@H]2C(=O)NCC[C@H]2C)c([N+](=O)[O-])c1. The van der Waals surface area contributed by atoms with Crippen molar-refractivity contribution in [1.82, 2.24) is 10.0 Å². The fourth-order valence-electron chi connectivity index (χ4n) is 2.40. The second kappa shape index (κ2) is 6.50. The van der Waals surface area contributed by atoms with Crippen LogP contribution in [0.5, 0.6) is 0 Å². The summed E-state index contributed by atoms with van der Waals surface area (Å²) in [6.45, 7) is 2.45. The summed E-state index contributed by atoms with van der Waals surface area (Å²) in [6, 6.07) is 2.93. The van der Waals surface area contributed by atoms with E-state index in [4.69, 9.17) is 0 Å². The quantitative estimate of drug-likeness (QED) is 0.526. The van der Waals surface area contributed by atoms with E-state index in [1.54, 1.807) is 0 Å². The maximum absolute atomic E-state index is 11.9. The average Bonchev–Trinajstić information content (AvgIpc) is 2.51. The molecule has 1 aliphatic rings. The van der Waals surface area contributed by atoms with Crippen molar-refractivity contribution in [2.45, 2.75) is 24.3 Å². The number of piperidine rings is 1. The Balaban J connectivity index is 2.39. The average molecular weight is 342 g/mol. The van der Waals surface area contributed by atoms with E-state index in [0.29, 0.717) is 6.54 Å². The molecule has 2 rings (SSSR count). The van der Waals surface area contributed by atoms with Gasteiger partial charge in [0.15, 0.2) is 0 Å². The van der Waals surface area contributed by atoms with Gasteiger partial charge in [0.05, 0.1) is 9.82 Å². The fraction of sp³-hybridized carbons (Fsp3) is 0.462. The Morgan fingerprint density at radius 1 is 1.39 bits per heavy atom. The zero-order valence-electron chi connectivity index (χ0n) is 12.7. The van der Waals surface area contributed by atoms with Gasteiger partial charge in [-0.05, 0) is 31.5 Å². The van der Waals surface area contributed by atoms with Crippen molar-refractivity contribution in [3.63, 3.8) is 0 Å². The number of anilines is 1. The van der Waals surface area contributed by atoms with Gasteiger partial charge in [0.2, 0.25) is 15.9 Å². The summed E-state index contributed by atoms with van der Waals surface area (Å²) in [4.78, 5) is 22.3. The van der Waals surface area contributed by atoms with E-state index >= 15 is 0 Å². The molecule has 1 heterocycles. The van der Waals surface area contributed by atoms with Crippen molar-refractivity contribution in [1.29, 1.82) is 0 Å². The van der Waals surface area contributed by atoms with Gasteiger partial charge in [0, 0.05) is 12.6 Å². The van der Waals surface area contributed by atoms with E-state index in [0.717, 1.165) is 12.5 Å². The molecule has 1 amide bonds. The molecule has 0 radical (unpaired) electrons. The van der Waals surface area contributed by atoms with Crippen molar-refractivity contribution in [3.8, 4) is 0 Å². The molecule has 2 atom stereocenters. The lowest BCUT2D eigenvalue weighted by atomic mass is 9.94.